The highest BCUT2D eigenvalue weighted by atomic mass is 79.9. The van der Waals surface area contributed by atoms with Crippen LogP contribution in [0.15, 0.2) is 28.7 Å². The van der Waals surface area contributed by atoms with Crippen molar-refractivity contribution in [1.82, 2.24) is 0 Å². The number of hydrogen-bond donors (Lipinski definition) is 2. The second kappa shape index (κ2) is 5.74. The maximum atomic E-state index is 12.0. The Hall–Kier alpha value is -1.36. The van der Waals surface area contributed by atoms with Crippen LogP contribution in [0.4, 0.5) is 5.69 Å². The van der Waals surface area contributed by atoms with E-state index in [4.69, 9.17) is 0 Å². The van der Waals surface area contributed by atoms with Crippen LogP contribution >= 0.6 is 15.9 Å². The third-order valence-corrected chi connectivity index (χ3v) is 4.17. The molecule has 0 saturated heterocycles. The lowest BCUT2D eigenvalue weighted by Gasteiger charge is -2.22. The molecule has 1 aromatic carbocycles. The van der Waals surface area contributed by atoms with E-state index >= 15 is 0 Å². The zero-order valence-corrected chi connectivity index (χ0v) is 12.1. The lowest BCUT2D eigenvalue weighted by atomic mass is 9.82. The van der Waals surface area contributed by atoms with Gasteiger partial charge in [-0.15, -0.1) is 0 Å². The molecule has 0 bridgehead atoms. The van der Waals surface area contributed by atoms with Crippen molar-refractivity contribution in [3.05, 3.63) is 28.7 Å². The van der Waals surface area contributed by atoms with E-state index in [0.29, 0.717) is 18.5 Å². The average molecular weight is 326 g/mol. The zero-order valence-electron chi connectivity index (χ0n) is 10.5. The second-order valence-corrected chi connectivity index (χ2v) is 5.94. The lowest BCUT2D eigenvalue weighted by Crippen LogP contribution is -2.32. The molecule has 1 fully saturated rings. The maximum Gasteiger partial charge on any atom is 0.310 e. The van der Waals surface area contributed by atoms with Crippen molar-refractivity contribution in [2.75, 3.05) is 5.32 Å². The maximum absolute atomic E-state index is 12.0. The minimum absolute atomic E-state index is 0.0540. The van der Waals surface area contributed by atoms with E-state index in [9.17, 15) is 14.7 Å². The van der Waals surface area contributed by atoms with E-state index < -0.39 is 11.4 Å². The summed E-state index contributed by atoms with van der Waals surface area (Å²) in [6.07, 6.45) is 3.01. The van der Waals surface area contributed by atoms with Crippen molar-refractivity contribution in [2.24, 2.45) is 5.41 Å². The van der Waals surface area contributed by atoms with Gasteiger partial charge in [0.05, 0.1) is 5.41 Å². The molecule has 1 amide bonds. The predicted octanol–water partition coefficient (Wildman–Crippen LogP) is 3.42. The Morgan fingerprint density at radius 3 is 2.32 bits per heavy atom. The van der Waals surface area contributed by atoms with Crippen LogP contribution in [0.5, 0.6) is 0 Å². The predicted molar refractivity (Wildman–Crippen MR) is 75.9 cm³/mol. The first-order valence-corrected chi connectivity index (χ1v) is 7.10. The molecule has 0 aliphatic heterocycles. The molecule has 0 spiro atoms. The van der Waals surface area contributed by atoms with Crippen LogP contribution in [0.25, 0.3) is 0 Å². The van der Waals surface area contributed by atoms with Gasteiger partial charge in [0, 0.05) is 16.6 Å². The lowest BCUT2D eigenvalue weighted by molar-refractivity contribution is -0.150. The van der Waals surface area contributed by atoms with Crippen LogP contribution < -0.4 is 5.32 Å². The third kappa shape index (κ3) is 3.35. The van der Waals surface area contributed by atoms with Crippen molar-refractivity contribution in [1.29, 1.82) is 0 Å². The van der Waals surface area contributed by atoms with Gasteiger partial charge in [0.15, 0.2) is 0 Å². The minimum Gasteiger partial charge on any atom is -0.481 e. The van der Waals surface area contributed by atoms with Crippen molar-refractivity contribution in [2.45, 2.75) is 32.1 Å². The summed E-state index contributed by atoms with van der Waals surface area (Å²) in [5.41, 5.74) is -0.175. The molecule has 2 N–H and O–H groups in total. The molecule has 0 radical (unpaired) electrons. The molecular formula is C14H16BrNO3. The second-order valence-electron chi connectivity index (χ2n) is 5.02. The summed E-state index contributed by atoms with van der Waals surface area (Å²) in [7, 11) is 0. The molecule has 2 rings (SSSR count). The number of amides is 1. The quantitative estimate of drug-likeness (QED) is 0.891. The number of carbonyl (C=O) groups excluding carboxylic acids is 1. The number of halogens is 1. The third-order valence-electron chi connectivity index (χ3n) is 3.64. The first-order valence-electron chi connectivity index (χ1n) is 6.31. The molecule has 19 heavy (non-hydrogen) atoms. The van der Waals surface area contributed by atoms with E-state index in [0.717, 1.165) is 17.3 Å². The summed E-state index contributed by atoms with van der Waals surface area (Å²) in [6.45, 7) is 0. The fourth-order valence-electron chi connectivity index (χ4n) is 2.56. The highest BCUT2D eigenvalue weighted by Crippen LogP contribution is 2.41. The van der Waals surface area contributed by atoms with Gasteiger partial charge in [-0.05, 0) is 37.1 Å². The Morgan fingerprint density at radius 2 is 1.79 bits per heavy atom. The average Bonchev–Trinajstić information content (AvgIpc) is 2.82. The number of carboxylic acids is 1. The van der Waals surface area contributed by atoms with Crippen LogP contribution in [0, 0.1) is 5.41 Å². The Kier molecular flexibility index (Phi) is 4.24. The summed E-state index contributed by atoms with van der Waals surface area (Å²) in [6, 6.07) is 7.23. The number of anilines is 1. The molecule has 4 nitrogen and oxygen atoms in total. The van der Waals surface area contributed by atoms with Gasteiger partial charge in [-0.2, -0.15) is 0 Å². The van der Waals surface area contributed by atoms with Crippen LogP contribution in [0.3, 0.4) is 0 Å². The number of nitrogens with one attached hydrogen (secondary N) is 1. The van der Waals surface area contributed by atoms with E-state index in [1.165, 1.54) is 0 Å². The minimum atomic E-state index is -0.862. The molecule has 0 heterocycles. The topological polar surface area (TPSA) is 66.4 Å². The normalized spacial score (nSPS) is 17.1. The van der Waals surface area contributed by atoms with E-state index in [-0.39, 0.29) is 12.3 Å². The van der Waals surface area contributed by atoms with Crippen molar-refractivity contribution in [3.8, 4) is 0 Å². The first-order chi connectivity index (χ1) is 9.02. The van der Waals surface area contributed by atoms with Gasteiger partial charge in [-0.25, -0.2) is 0 Å². The fraction of sp³-hybridized carbons (Fsp3) is 0.429. The summed E-state index contributed by atoms with van der Waals surface area (Å²) in [4.78, 5) is 23.3. The highest BCUT2D eigenvalue weighted by Gasteiger charge is 2.42. The largest absolute Gasteiger partial charge is 0.481 e. The molecule has 0 atom stereocenters. The Balaban J connectivity index is 2.00. The molecule has 1 aliphatic rings. The monoisotopic (exact) mass is 325 g/mol. The van der Waals surface area contributed by atoms with Gasteiger partial charge in [-0.1, -0.05) is 28.8 Å². The number of carboxylic acid groups (broad SMARTS) is 1. The molecule has 102 valence electrons. The van der Waals surface area contributed by atoms with Crippen molar-refractivity contribution in [3.63, 3.8) is 0 Å². The Labute approximate surface area is 120 Å². The van der Waals surface area contributed by atoms with Crippen molar-refractivity contribution < 1.29 is 14.7 Å². The number of benzene rings is 1. The fourth-order valence-corrected chi connectivity index (χ4v) is 2.83. The van der Waals surface area contributed by atoms with E-state index in [1.54, 1.807) is 12.1 Å². The smallest absolute Gasteiger partial charge is 0.310 e. The Morgan fingerprint density at radius 1 is 1.21 bits per heavy atom. The van der Waals surface area contributed by atoms with Gasteiger partial charge < -0.3 is 10.4 Å². The summed E-state index contributed by atoms with van der Waals surface area (Å²) in [5.74, 6) is -1.08. The van der Waals surface area contributed by atoms with E-state index in [2.05, 4.69) is 21.2 Å². The van der Waals surface area contributed by atoms with Crippen LogP contribution in [-0.2, 0) is 9.59 Å². The van der Waals surface area contributed by atoms with Gasteiger partial charge in [0.2, 0.25) is 5.91 Å². The van der Waals surface area contributed by atoms with Gasteiger partial charge in [-0.3, -0.25) is 9.59 Å². The molecular weight excluding hydrogens is 310 g/mol. The van der Waals surface area contributed by atoms with Gasteiger partial charge >= 0.3 is 5.97 Å². The molecule has 5 heteroatoms. The SMILES string of the molecule is O=C(CC1(C(=O)O)CCCC1)Nc1ccc(Br)cc1. The summed E-state index contributed by atoms with van der Waals surface area (Å²) >= 11 is 3.32. The standard InChI is InChI=1S/C14H16BrNO3/c15-10-3-5-11(6-4-10)16-12(17)9-14(13(18)19)7-1-2-8-14/h3-6H,1-2,7-9H2,(H,16,17)(H,18,19). The molecule has 1 saturated carbocycles. The van der Waals surface area contributed by atoms with Gasteiger partial charge in [0.25, 0.3) is 0 Å². The molecule has 0 aromatic heterocycles. The number of rotatable bonds is 4. The zero-order chi connectivity index (χ0) is 13.9. The Bertz CT molecular complexity index is 478. The van der Waals surface area contributed by atoms with E-state index in [1.807, 2.05) is 12.1 Å². The number of hydrogen-bond acceptors (Lipinski definition) is 2. The molecule has 1 aliphatic carbocycles. The highest BCUT2D eigenvalue weighted by molar-refractivity contribution is 9.10. The van der Waals surface area contributed by atoms with Crippen LogP contribution in [-0.4, -0.2) is 17.0 Å². The summed E-state index contributed by atoms with van der Waals surface area (Å²) < 4.78 is 0.934. The number of carbonyl (C=O) groups is 2. The van der Waals surface area contributed by atoms with Gasteiger partial charge in [0.1, 0.15) is 0 Å². The molecule has 0 unspecified atom stereocenters. The molecule has 1 aromatic rings. The van der Waals surface area contributed by atoms with Crippen molar-refractivity contribution >= 4 is 33.5 Å². The van der Waals surface area contributed by atoms with Crippen LogP contribution in [0.1, 0.15) is 32.1 Å². The summed E-state index contributed by atoms with van der Waals surface area (Å²) in [5, 5.41) is 12.1. The first kappa shape index (κ1) is 14.1. The van der Waals surface area contributed by atoms with Crippen LogP contribution in [0.2, 0.25) is 0 Å². The number of aliphatic carboxylic acids is 1.